The Hall–Kier alpha value is -0.650. The summed E-state index contributed by atoms with van der Waals surface area (Å²) in [6.07, 6.45) is 3.73. The van der Waals surface area contributed by atoms with Gasteiger partial charge in [0.05, 0.1) is 6.61 Å². The SMILES string of the molecule is CCCCC(C(=O)O)N1CCCN(CCO)CC1. The molecule has 2 N–H and O–H groups in total. The van der Waals surface area contributed by atoms with E-state index >= 15 is 0 Å². The van der Waals surface area contributed by atoms with E-state index in [2.05, 4.69) is 16.7 Å². The highest BCUT2D eigenvalue weighted by atomic mass is 16.4. The van der Waals surface area contributed by atoms with Gasteiger partial charge in [0.15, 0.2) is 0 Å². The molecule has 5 nitrogen and oxygen atoms in total. The number of unbranched alkanes of at least 4 members (excludes halogenated alkanes) is 1. The molecule has 1 saturated heterocycles. The lowest BCUT2D eigenvalue weighted by Gasteiger charge is -2.27. The van der Waals surface area contributed by atoms with Gasteiger partial charge in [-0.05, 0) is 19.4 Å². The first-order valence-corrected chi connectivity index (χ1v) is 6.99. The number of nitrogens with zero attached hydrogens (tertiary/aromatic N) is 2. The predicted octanol–water partition coefficient (Wildman–Crippen LogP) is 0.630. The van der Waals surface area contributed by atoms with Crippen LogP contribution in [-0.4, -0.2) is 71.4 Å². The average Bonchev–Trinajstić information content (AvgIpc) is 2.56. The normalized spacial score (nSPS) is 20.6. The number of aliphatic carboxylic acids is 1. The third kappa shape index (κ3) is 4.92. The number of aliphatic hydroxyl groups is 1. The Morgan fingerprint density at radius 1 is 1.28 bits per heavy atom. The van der Waals surface area contributed by atoms with Crippen LogP contribution in [0, 0.1) is 0 Å². The Balaban J connectivity index is 2.49. The van der Waals surface area contributed by atoms with Crippen molar-refractivity contribution >= 4 is 5.97 Å². The van der Waals surface area contributed by atoms with Gasteiger partial charge in [0.2, 0.25) is 0 Å². The molecule has 0 aliphatic carbocycles. The Morgan fingerprint density at radius 2 is 2.06 bits per heavy atom. The topological polar surface area (TPSA) is 64.0 Å². The van der Waals surface area contributed by atoms with Crippen molar-refractivity contribution in [2.24, 2.45) is 0 Å². The van der Waals surface area contributed by atoms with Crippen molar-refractivity contribution in [3.05, 3.63) is 0 Å². The number of hydrogen-bond acceptors (Lipinski definition) is 4. The molecule has 0 bridgehead atoms. The summed E-state index contributed by atoms with van der Waals surface area (Å²) in [7, 11) is 0. The maximum atomic E-state index is 11.3. The molecule has 106 valence electrons. The van der Waals surface area contributed by atoms with Crippen LogP contribution >= 0.6 is 0 Å². The summed E-state index contributed by atoms with van der Waals surface area (Å²) in [5, 5.41) is 18.3. The van der Waals surface area contributed by atoms with Crippen molar-refractivity contribution in [2.45, 2.75) is 38.6 Å². The van der Waals surface area contributed by atoms with E-state index in [1.165, 1.54) is 0 Å². The zero-order valence-electron chi connectivity index (χ0n) is 11.3. The quantitative estimate of drug-likeness (QED) is 0.701. The monoisotopic (exact) mass is 258 g/mol. The fourth-order valence-electron chi connectivity index (χ4n) is 2.53. The van der Waals surface area contributed by atoms with E-state index in [1.54, 1.807) is 0 Å². The molecule has 0 amide bonds. The van der Waals surface area contributed by atoms with Crippen LogP contribution in [0.3, 0.4) is 0 Å². The van der Waals surface area contributed by atoms with Crippen LogP contribution in [-0.2, 0) is 4.79 Å². The molecular formula is C13H26N2O3. The summed E-state index contributed by atoms with van der Waals surface area (Å²) >= 11 is 0. The maximum absolute atomic E-state index is 11.3. The highest BCUT2D eigenvalue weighted by molar-refractivity contribution is 5.73. The van der Waals surface area contributed by atoms with Crippen molar-refractivity contribution < 1.29 is 15.0 Å². The van der Waals surface area contributed by atoms with Gasteiger partial charge in [-0.15, -0.1) is 0 Å². The van der Waals surface area contributed by atoms with Gasteiger partial charge in [0.25, 0.3) is 0 Å². The maximum Gasteiger partial charge on any atom is 0.320 e. The highest BCUT2D eigenvalue weighted by Crippen LogP contribution is 2.13. The molecule has 1 aliphatic heterocycles. The van der Waals surface area contributed by atoms with Gasteiger partial charge in [-0.2, -0.15) is 0 Å². The molecule has 0 aromatic rings. The fourth-order valence-corrected chi connectivity index (χ4v) is 2.53. The third-order valence-electron chi connectivity index (χ3n) is 3.60. The first-order chi connectivity index (χ1) is 8.69. The van der Waals surface area contributed by atoms with Crippen LogP contribution in [0.4, 0.5) is 0 Å². The Bertz CT molecular complexity index is 248. The van der Waals surface area contributed by atoms with E-state index in [-0.39, 0.29) is 12.6 Å². The second-order valence-electron chi connectivity index (χ2n) is 4.95. The standard InChI is InChI=1S/C13H26N2O3/c1-2-3-5-12(13(17)18)15-7-4-6-14(8-9-15)10-11-16/h12,16H,2-11H2,1H3,(H,17,18). The molecule has 1 rings (SSSR count). The first kappa shape index (κ1) is 15.4. The van der Waals surface area contributed by atoms with Crippen molar-refractivity contribution in [1.29, 1.82) is 0 Å². The molecule has 0 aromatic carbocycles. The molecule has 1 atom stereocenters. The molecule has 5 heteroatoms. The number of carbonyl (C=O) groups is 1. The summed E-state index contributed by atoms with van der Waals surface area (Å²) in [4.78, 5) is 15.6. The van der Waals surface area contributed by atoms with E-state index in [0.29, 0.717) is 6.54 Å². The minimum absolute atomic E-state index is 0.179. The molecule has 1 aliphatic rings. The molecule has 0 aromatic heterocycles. The van der Waals surface area contributed by atoms with E-state index in [4.69, 9.17) is 5.11 Å². The van der Waals surface area contributed by atoms with Crippen LogP contribution in [0.2, 0.25) is 0 Å². The van der Waals surface area contributed by atoms with Gasteiger partial charge in [-0.3, -0.25) is 14.6 Å². The number of aliphatic hydroxyl groups excluding tert-OH is 1. The van der Waals surface area contributed by atoms with Gasteiger partial charge in [-0.25, -0.2) is 0 Å². The van der Waals surface area contributed by atoms with Gasteiger partial charge < -0.3 is 10.2 Å². The zero-order valence-corrected chi connectivity index (χ0v) is 11.3. The fraction of sp³-hybridized carbons (Fsp3) is 0.923. The lowest BCUT2D eigenvalue weighted by Crippen LogP contribution is -2.43. The number of rotatable bonds is 7. The Kier molecular flexibility index (Phi) is 7.23. The Labute approximate surface area is 109 Å². The Morgan fingerprint density at radius 3 is 2.67 bits per heavy atom. The molecule has 18 heavy (non-hydrogen) atoms. The average molecular weight is 258 g/mol. The van der Waals surface area contributed by atoms with Crippen LogP contribution < -0.4 is 0 Å². The lowest BCUT2D eigenvalue weighted by molar-refractivity contribution is -0.143. The third-order valence-corrected chi connectivity index (χ3v) is 3.60. The number of carboxylic acids is 1. The number of β-amino-alcohol motifs (C(OH)–C–C–N with tert-alkyl or cyclic N) is 1. The largest absolute Gasteiger partial charge is 0.480 e. The minimum atomic E-state index is -0.695. The van der Waals surface area contributed by atoms with Crippen LogP contribution in [0.5, 0.6) is 0 Å². The van der Waals surface area contributed by atoms with Gasteiger partial charge >= 0.3 is 5.97 Å². The number of carboxylic acid groups (broad SMARTS) is 1. The summed E-state index contributed by atoms with van der Waals surface area (Å²) in [6.45, 7) is 6.42. The van der Waals surface area contributed by atoms with E-state index in [0.717, 1.165) is 51.9 Å². The second-order valence-corrected chi connectivity index (χ2v) is 4.95. The summed E-state index contributed by atoms with van der Waals surface area (Å²) < 4.78 is 0. The predicted molar refractivity (Wildman–Crippen MR) is 70.7 cm³/mol. The first-order valence-electron chi connectivity index (χ1n) is 6.99. The van der Waals surface area contributed by atoms with E-state index in [1.807, 2.05) is 0 Å². The van der Waals surface area contributed by atoms with Crippen molar-refractivity contribution in [3.63, 3.8) is 0 Å². The van der Waals surface area contributed by atoms with E-state index in [9.17, 15) is 9.90 Å². The molecule has 0 radical (unpaired) electrons. The van der Waals surface area contributed by atoms with Crippen LogP contribution in [0.15, 0.2) is 0 Å². The zero-order chi connectivity index (χ0) is 13.4. The smallest absolute Gasteiger partial charge is 0.320 e. The van der Waals surface area contributed by atoms with Crippen molar-refractivity contribution in [2.75, 3.05) is 39.3 Å². The van der Waals surface area contributed by atoms with E-state index < -0.39 is 5.97 Å². The molecule has 1 heterocycles. The summed E-state index contributed by atoms with van der Waals surface area (Å²) in [6, 6.07) is -0.334. The van der Waals surface area contributed by atoms with Gasteiger partial charge in [-0.1, -0.05) is 19.8 Å². The summed E-state index contributed by atoms with van der Waals surface area (Å²) in [5.41, 5.74) is 0. The molecule has 0 spiro atoms. The van der Waals surface area contributed by atoms with Crippen LogP contribution in [0.1, 0.15) is 32.6 Å². The van der Waals surface area contributed by atoms with Crippen molar-refractivity contribution in [3.8, 4) is 0 Å². The van der Waals surface area contributed by atoms with Crippen LogP contribution in [0.25, 0.3) is 0 Å². The highest BCUT2D eigenvalue weighted by Gasteiger charge is 2.26. The molecule has 0 saturated carbocycles. The second kappa shape index (κ2) is 8.45. The summed E-state index contributed by atoms with van der Waals surface area (Å²) in [5.74, 6) is -0.695. The molecule has 1 unspecified atom stereocenters. The lowest BCUT2D eigenvalue weighted by atomic mass is 10.1. The number of hydrogen-bond donors (Lipinski definition) is 2. The van der Waals surface area contributed by atoms with Gasteiger partial charge in [0, 0.05) is 26.2 Å². The minimum Gasteiger partial charge on any atom is -0.480 e. The molecule has 1 fully saturated rings. The molecular weight excluding hydrogens is 232 g/mol. The van der Waals surface area contributed by atoms with Crippen molar-refractivity contribution in [1.82, 2.24) is 9.80 Å². The van der Waals surface area contributed by atoms with Gasteiger partial charge in [0.1, 0.15) is 6.04 Å².